The molecule has 1 saturated carbocycles. The molecule has 1 fully saturated rings. The number of thiophene rings is 1. The number of anilines is 1. The van der Waals surface area contributed by atoms with Crippen molar-refractivity contribution in [2.24, 2.45) is 5.92 Å². The van der Waals surface area contributed by atoms with Gasteiger partial charge in [-0.2, -0.15) is 8.78 Å². The summed E-state index contributed by atoms with van der Waals surface area (Å²) in [5.74, 6) is -9.71. The van der Waals surface area contributed by atoms with E-state index >= 15 is 0 Å². The number of rotatable bonds is 16. The Labute approximate surface area is 309 Å². The van der Waals surface area contributed by atoms with E-state index in [0.29, 0.717) is 57.3 Å². The van der Waals surface area contributed by atoms with Crippen LogP contribution < -0.4 is 20.3 Å². The number of aryl methyl sites for hydroxylation is 1. The topological polar surface area (TPSA) is 110 Å². The fourth-order valence-corrected chi connectivity index (χ4v) is 7.52. The summed E-state index contributed by atoms with van der Waals surface area (Å²) in [6.07, 6.45) is 5.64. The maximum atomic E-state index is 13.7. The van der Waals surface area contributed by atoms with Crippen LogP contribution in [0.1, 0.15) is 87.2 Å². The lowest BCUT2D eigenvalue weighted by Gasteiger charge is -2.28. The number of nitrogens with zero attached hydrogens (tertiary/aromatic N) is 2. The molecule has 9 nitrogen and oxygen atoms in total. The van der Waals surface area contributed by atoms with Crippen LogP contribution in [-0.2, 0) is 20.9 Å². The fraction of sp³-hybridized carbons (Fsp3) is 0.436. The number of hydrogen-bond donors (Lipinski definition) is 2. The van der Waals surface area contributed by atoms with Gasteiger partial charge in [-0.05, 0) is 87.6 Å². The Bertz CT molecular complexity index is 1910. The number of likely N-dealkylation sites (N-methyl/N-ethyl adjacent to an activating group) is 1. The molecule has 2 N–H and O–H groups in total. The SMILES string of the molecule is CCN(C(=O)Cn1c(C(=O)NC2CCC(C(=O)NCCCCCCCC(=O)Oc3c(F)c(F)cc(F)c3F)CC2)cc2sccc21)c1cccc(C)c1. The highest BCUT2D eigenvalue weighted by molar-refractivity contribution is 7.17. The first-order valence-electron chi connectivity index (χ1n) is 18.0. The van der Waals surface area contributed by atoms with Crippen LogP contribution in [0.4, 0.5) is 23.2 Å². The highest BCUT2D eigenvalue weighted by Gasteiger charge is 2.29. The summed E-state index contributed by atoms with van der Waals surface area (Å²) in [6.45, 7) is 4.92. The van der Waals surface area contributed by atoms with Crippen molar-refractivity contribution in [3.8, 4) is 5.75 Å². The Morgan fingerprint density at radius 3 is 2.30 bits per heavy atom. The van der Waals surface area contributed by atoms with Gasteiger partial charge in [0.2, 0.25) is 29.2 Å². The number of carbonyl (C=O) groups excluding carboxylic acids is 4. The van der Waals surface area contributed by atoms with Gasteiger partial charge in [0.15, 0.2) is 11.6 Å². The van der Waals surface area contributed by atoms with Crippen molar-refractivity contribution in [3.63, 3.8) is 0 Å². The van der Waals surface area contributed by atoms with Crippen LogP contribution in [0.2, 0.25) is 0 Å². The van der Waals surface area contributed by atoms with Gasteiger partial charge in [0, 0.05) is 43.2 Å². The zero-order valence-electron chi connectivity index (χ0n) is 29.8. The van der Waals surface area contributed by atoms with Crippen LogP contribution in [-0.4, -0.2) is 47.4 Å². The van der Waals surface area contributed by atoms with E-state index in [1.807, 2.05) is 55.6 Å². The van der Waals surface area contributed by atoms with E-state index in [-0.39, 0.29) is 48.7 Å². The molecule has 5 rings (SSSR count). The number of unbranched alkanes of at least 4 members (excludes halogenated alkanes) is 4. The highest BCUT2D eigenvalue weighted by Crippen LogP contribution is 2.29. The van der Waals surface area contributed by atoms with E-state index < -0.39 is 35.0 Å². The molecule has 14 heteroatoms. The van der Waals surface area contributed by atoms with E-state index in [1.165, 1.54) is 11.3 Å². The van der Waals surface area contributed by atoms with E-state index in [2.05, 4.69) is 15.4 Å². The summed E-state index contributed by atoms with van der Waals surface area (Å²) in [7, 11) is 0. The summed E-state index contributed by atoms with van der Waals surface area (Å²) in [4.78, 5) is 53.6. The molecule has 0 bridgehead atoms. The average molecular weight is 757 g/mol. The third-order valence-electron chi connectivity index (χ3n) is 9.56. The summed E-state index contributed by atoms with van der Waals surface area (Å²) in [6, 6.07) is 11.5. The van der Waals surface area contributed by atoms with Crippen molar-refractivity contribution in [1.29, 1.82) is 0 Å². The molecule has 0 unspecified atom stereocenters. The van der Waals surface area contributed by atoms with E-state index in [4.69, 9.17) is 0 Å². The molecule has 284 valence electrons. The van der Waals surface area contributed by atoms with Crippen molar-refractivity contribution in [3.05, 3.63) is 82.4 Å². The van der Waals surface area contributed by atoms with E-state index in [9.17, 15) is 36.7 Å². The van der Waals surface area contributed by atoms with Gasteiger partial charge in [-0.1, -0.05) is 31.4 Å². The largest absolute Gasteiger partial charge is 0.420 e. The molecule has 2 aromatic carbocycles. The lowest BCUT2D eigenvalue weighted by molar-refractivity contribution is -0.135. The molecule has 1 aliphatic rings. The van der Waals surface area contributed by atoms with Crippen LogP contribution in [0.25, 0.3) is 10.2 Å². The molecule has 53 heavy (non-hydrogen) atoms. The first-order chi connectivity index (χ1) is 25.5. The Kier molecular flexibility index (Phi) is 13.7. The predicted molar refractivity (Wildman–Crippen MR) is 195 cm³/mol. The van der Waals surface area contributed by atoms with Gasteiger partial charge >= 0.3 is 5.97 Å². The Morgan fingerprint density at radius 2 is 1.60 bits per heavy atom. The number of fused-ring (bicyclic) bond motifs is 1. The standard InChI is InChI=1S/C39H44F4N4O5S/c1-3-46(27-11-9-10-24(2)20-27)33(48)23-47-30-17-19-53-32(30)22-31(47)39(51)45-26-15-13-25(14-16-26)38(50)44-18-8-6-4-5-7-12-34(49)52-37-35(42)28(40)21-29(41)36(37)43/h9-11,17,19-22,25-26H,3-8,12-16,18,23H2,1-2H3,(H,44,50)(H,45,51). The lowest BCUT2D eigenvalue weighted by atomic mass is 9.85. The summed E-state index contributed by atoms with van der Waals surface area (Å²) < 4.78 is 61.2. The van der Waals surface area contributed by atoms with E-state index in [0.717, 1.165) is 40.7 Å². The number of benzene rings is 2. The minimum atomic E-state index is -1.76. The molecule has 0 aliphatic heterocycles. The van der Waals surface area contributed by atoms with Gasteiger partial charge in [0.1, 0.15) is 12.2 Å². The zero-order chi connectivity index (χ0) is 38.1. The second-order valence-electron chi connectivity index (χ2n) is 13.4. The molecule has 2 heterocycles. The minimum absolute atomic E-state index is 0.0208. The zero-order valence-corrected chi connectivity index (χ0v) is 30.6. The number of halogens is 4. The van der Waals surface area contributed by atoms with Crippen LogP contribution >= 0.6 is 11.3 Å². The van der Waals surface area contributed by atoms with Gasteiger partial charge in [-0.25, -0.2) is 8.78 Å². The minimum Gasteiger partial charge on any atom is -0.420 e. The number of carbonyl (C=O) groups is 4. The molecule has 3 amide bonds. The van der Waals surface area contributed by atoms with Gasteiger partial charge in [0.25, 0.3) is 5.91 Å². The van der Waals surface area contributed by atoms with Gasteiger partial charge in [0.05, 0.1) is 10.2 Å². The van der Waals surface area contributed by atoms with Crippen molar-refractivity contribution < 1.29 is 41.5 Å². The van der Waals surface area contributed by atoms with Crippen LogP contribution in [0.5, 0.6) is 5.75 Å². The van der Waals surface area contributed by atoms with Crippen molar-refractivity contribution >= 4 is 50.9 Å². The predicted octanol–water partition coefficient (Wildman–Crippen LogP) is 7.97. The quantitative estimate of drug-likeness (QED) is 0.0397. The maximum Gasteiger partial charge on any atom is 0.311 e. The third kappa shape index (κ3) is 10.0. The van der Waals surface area contributed by atoms with Gasteiger partial charge in [-0.15, -0.1) is 11.3 Å². The Morgan fingerprint density at radius 1 is 0.906 bits per heavy atom. The van der Waals surface area contributed by atoms with Crippen LogP contribution in [0.3, 0.4) is 0 Å². The van der Waals surface area contributed by atoms with Crippen molar-refractivity contribution in [2.45, 2.75) is 90.6 Å². The highest BCUT2D eigenvalue weighted by atomic mass is 32.1. The molecule has 0 saturated heterocycles. The number of esters is 1. The number of nitrogens with one attached hydrogen (secondary N) is 2. The number of amides is 3. The molecular weight excluding hydrogens is 713 g/mol. The Hall–Kier alpha value is -4.72. The average Bonchev–Trinajstić information content (AvgIpc) is 3.73. The van der Waals surface area contributed by atoms with Crippen LogP contribution in [0.15, 0.2) is 47.8 Å². The summed E-state index contributed by atoms with van der Waals surface area (Å²) in [5.41, 5.74) is 3.15. The summed E-state index contributed by atoms with van der Waals surface area (Å²) in [5, 5.41) is 8.07. The normalized spacial score (nSPS) is 15.7. The third-order valence-corrected chi connectivity index (χ3v) is 10.4. The maximum absolute atomic E-state index is 13.7. The number of ether oxygens (including phenoxy) is 1. The summed E-state index contributed by atoms with van der Waals surface area (Å²) >= 11 is 1.52. The second kappa shape index (κ2) is 18.4. The first kappa shape index (κ1) is 39.5. The lowest BCUT2D eigenvalue weighted by Crippen LogP contribution is -2.42. The van der Waals surface area contributed by atoms with Gasteiger partial charge in [-0.3, -0.25) is 19.2 Å². The first-order valence-corrected chi connectivity index (χ1v) is 18.9. The van der Waals surface area contributed by atoms with Crippen molar-refractivity contribution in [2.75, 3.05) is 18.0 Å². The van der Waals surface area contributed by atoms with Crippen molar-refractivity contribution in [1.82, 2.24) is 15.2 Å². The molecule has 0 atom stereocenters. The Balaban J connectivity index is 0.999. The molecule has 2 aromatic heterocycles. The number of hydrogen-bond acceptors (Lipinski definition) is 6. The van der Waals surface area contributed by atoms with E-state index in [1.54, 1.807) is 9.47 Å². The molecule has 1 aliphatic carbocycles. The smallest absolute Gasteiger partial charge is 0.311 e. The van der Waals surface area contributed by atoms with Gasteiger partial charge < -0.3 is 24.8 Å². The fourth-order valence-electron chi connectivity index (χ4n) is 6.70. The molecular formula is C39H44F4N4O5S. The van der Waals surface area contributed by atoms with Crippen LogP contribution in [0, 0.1) is 36.1 Å². The molecule has 0 radical (unpaired) electrons. The monoisotopic (exact) mass is 756 g/mol. The number of aromatic nitrogens is 1. The second-order valence-corrected chi connectivity index (χ2v) is 14.3. The molecule has 0 spiro atoms. The molecule has 4 aromatic rings.